The number of rotatable bonds is 8. The smallest absolute Gasteiger partial charge is 0.343 e. The molecule has 2 heterocycles. The highest BCUT2D eigenvalue weighted by atomic mass is 35.5. The van der Waals surface area contributed by atoms with Crippen molar-refractivity contribution in [2.75, 3.05) is 13.4 Å². The van der Waals surface area contributed by atoms with Crippen LogP contribution in [0.2, 0.25) is 10.0 Å². The number of hydrogen-bond donors (Lipinski definition) is 2. The number of H-pyrrole nitrogens is 1. The number of aromatic amines is 1. The van der Waals surface area contributed by atoms with Crippen molar-refractivity contribution in [3.8, 4) is 34.1 Å². The number of carbonyl (C=O) groups is 2. The zero-order valence-corrected chi connectivity index (χ0v) is 24.2. The lowest BCUT2D eigenvalue weighted by Gasteiger charge is -2.11. The maximum Gasteiger partial charge on any atom is 0.343 e. The molecule has 43 heavy (non-hydrogen) atoms. The first-order chi connectivity index (χ1) is 20.9. The minimum absolute atomic E-state index is 0.102. The number of ether oxygens (including phenoxy) is 4. The number of carbonyl (C=O) groups excluding carboxylic acids is 2. The van der Waals surface area contributed by atoms with Crippen molar-refractivity contribution in [3.63, 3.8) is 0 Å². The van der Waals surface area contributed by atoms with Crippen molar-refractivity contribution in [2.45, 2.75) is 6.92 Å². The summed E-state index contributed by atoms with van der Waals surface area (Å²) in [4.78, 5) is 29.2. The van der Waals surface area contributed by atoms with Crippen LogP contribution in [-0.2, 0) is 0 Å². The first-order valence-electron chi connectivity index (χ1n) is 13.2. The fourth-order valence-electron chi connectivity index (χ4n) is 4.66. The van der Waals surface area contributed by atoms with Crippen LogP contribution in [0, 0.1) is 0 Å². The van der Waals surface area contributed by atoms with Gasteiger partial charge in [-0.3, -0.25) is 4.79 Å². The molecule has 2 N–H and O–H groups in total. The second-order valence-electron chi connectivity index (χ2n) is 9.35. The topological polar surface area (TPSA) is 111 Å². The van der Waals surface area contributed by atoms with Gasteiger partial charge >= 0.3 is 5.97 Å². The first kappa shape index (κ1) is 28.1. The summed E-state index contributed by atoms with van der Waals surface area (Å²) >= 11 is 12.7. The van der Waals surface area contributed by atoms with Crippen molar-refractivity contribution in [3.05, 3.63) is 106 Å². The number of fused-ring (bicyclic) bond motifs is 2. The van der Waals surface area contributed by atoms with E-state index in [-0.39, 0.29) is 18.2 Å². The largest absolute Gasteiger partial charge is 0.490 e. The molecular formula is C32H23Cl2N3O6. The van der Waals surface area contributed by atoms with E-state index < -0.39 is 11.9 Å². The molecule has 6 rings (SSSR count). The molecule has 0 bridgehead atoms. The molecule has 0 saturated heterocycles. The van der Waals surface area contributed by atoms with Crippen molar-refractivity contribution < 1.29 is 28.5 Å². The van der Waals surface area contributed by atoms with Gasteiger partial charge in [0.05, 0.1) is 28.9 Å². The highest BCUT2D eigenvalue weighted by molar-refractivity contribution is 6.39. The molecule has 4 aromatic carbocycles. The van der Waals surface area contributed by atoms with Gasteiger partial charge in [-0.05, 0) is 66.6 Å². The second-order valence-corrected chi connectivity index (χ2v) is 10.2. The minimum atomic E-state index is -0.582. The monoisotopic (exact) mass is 615 g/mol. The average Bonchev–Trinajstić information content (AvgIpc) is 3.63. The molecule has 0 saturated carbocycles. The van der Waals surface area contributed by atoms with Gasteiger partial charge in [0.25, 0.3) is 5.91 Å². The molecule has 0 radical (unpaired) electrons. The van der Waals surface area contributed by atoms with Gasteiger partial charge in [-0.2, -0.15) is 5.10 Å². The van der Waals surface area contributed by atoms with Crippen LogP contribution in [0.1, 0.15) is 33.3 Å². The molecule has 0 spiro atoms. The number of benzene rings is 4. The average molecular weight is 616 g/mol. The Morgan fingerprint density at radius 2 is 1.79 bits per heavy atom. The predicted octanol–water partition coefficient (Wildman–Crippen LogP) is 7.25. The van der Waals surface area contributed by atoms with Gasteiger partial charge in [-0.15, -0.1) is 0 Å². The van der Waals surface area contributed by atoms with Crippen LogP contribution in [0.15, 0.2) is 84.0 Å². The third kappa shape index (κ3) is 5.86. The molecule has 1 aromatic heterocycles. The fourth-order valence-corrected chi connectivity index (χ4v) is 5.20. The number of aromatic nitrogens is 1. The van der Waals surface area contributed by atoms with E-state index in [1.165, 1.54) is 6.21 Å². The summed E-state index contributed by atoms with van der Waals surface area (Å²) in [5.74, 6) is 0.548. The van der Waals surface area contributed by atoms with Crippen molar-refractivity contribution in [1.29, 1.82) is 0 Å². The van der Waals surface area contributed by atoms with Crippen LogP contribution in [0.5, 0.6) is 23.0 Å². The summed E-state index contributed by atoms with van der Waals surface area (Å²) in [5.41, 5.74) is 5.80. The van der Waals surface area contributed by atoms with E-state index in [9.17, 15) is 9.59 Å². The molecule has 5 aromatic rings. The Morgan fingerprint density at radius 3 is 2.60 bits per heavy atom. The lowest BCUT2D eigenvalue weighted by atomic mass is 10.0. The number of hydrazone groups is 1. The Bertz CT molecular complexity index is 1890. The van der Waals surface area contributed by atoms with Gasteiger partial charge in [0.2, 0.25) is 6.79 Å². The molecule has 1 aliphatic rings. The highest BCUT2D eigenvalue weighted by Gasteiger charge is 2.22. The van der Waals surface area contributed by atoms with E-state index in [1.807, 2.05) is 37.3 Å². The van der Waals surface area contributed by atoms with E-state index in [2.05, 4.69) is 15.5 Å². The number of halogens is 2. The van der Waals surface area contributed by atoms with E-state index in [1.54, 1.807) is 48.5 Å². The molecule has 0 fully saturated rings. The molecule has 216 valence electrons. The maximum atomic E-state index is 13.3. The fraction of sp³-hybridized carbons (Fsp3) is 0.0938. The molecule has 0 aliphatic carbocycles. The lowest BCUT2D eigenvalue weighted by Crippen LogP contribution is -2.18. The number of hydrogen-bond acceptors (Lipinski definition) is 7. The van der Waals surface area contributed by atoms with E-state index in [0.29, 0.717) is 61.5 Å². The maximum absolute atomic E-state index is 13.3. The van der Waals surface area contributed by atoms with Crippen LogP contribution in [0.3, 0.4) is 0 Å². The zero-order chi connectivity index (χ0) is 29.9. The summed E-state index contributed by atoms with van der Waals surface area (Å²) in [6, 6.07) is 22.6. The van der Waals surface area contributed by atoms with Crippen molar-refractivity contribution in [2.24, 2.45) is 5.10 Å². The third-order valence-corrected chi connectivity index (χ3v) is 7.09. The molecule has 0 atom stereocenters. The number of nitrogens with zero attached hydrogens (tertiary/aromatic N) is 1. The molecule has 11 heteroatoms. The standard InChI is InChI=1S/C32H23Cl2N3O6/c1-2-40-26-12-18(8-10-25(26)43-32(39)20-9-11-24-27(13-20)42-17-41-24)16-35-37-31(38)30-28(19-6-4-3-5-7-19)22-14-21(33)15-23(34)29(22)36-30/h3-16,36H,2,17H2,1H3,(H,37,38). The Hall–Kier alpha value is -4.99. The molecule has 9 nitrogen and oxygen atoms in total. The molecular weight excluding hydrogens is 593 g/mol. The highest BCUT2D eigenvalue weighted by Crippen LogP contribution is 2.38. The van der Waals surface area contributed by atoms with E-state index in [0.717, 1.165) is 5.56 Å². The van der Waals surface area contributed by atoms with Crippen LogP contribution >= 0.6 is 23.2 Å². The number of nitrogens with one attached hydrogen (secondary N) is 2. The lowest BCUT2D eigenvalue weighted by molar-refractivity contribution is 0.0727. The van der Waals surface area contributed by atoms with Gasteiger partial charge in [0, 0.05) is 16.0 Å². The third-order valence-electron chi connectivity index (χ3n) is 6.57. The summed E-state index contributed by atoms with van der Waals surface area (Å²) < 4.78 is 21.9. The summed E-state index contributed by atoms with van der Waals surface area (Å²) in [5, 5.41) is 5.70. The minimum Gasteiger partial charge on any atom is -0.490 e. The van der Waals surface area contributed by atoms with E-state index >= 15 is 0 Å². The summed E-state index contributed by atoms with van der Waals surface area (Å²) in [6.45, 7) is 2.25. The van der Waals surface area contributed by atoms with Crippen LogP contribution in [-0.4, -0.2) is 36.5 Å². The van der Waals surface area contributed by atoms with Gasteiger partial charge in [-0.25, -0.2) is 10.2 Å². The molecule has 1 amide bonds. The Morgan fingerprint density at radius 1 is 0.977 bits per heavy atom. The summed E-state index contributed by atoms with van der Waals surface area (Å²) in [7, 11) is 0. The van der Waals surface area contributed by atoms with Gasteiger partial charge in [0.15, 0.2) is 23.0 Å². The molecule has 0 unspecified atom stereocenters. The van der Waals surface area contributed by atoms with Gasteiger partial charge < -0.3 is 23.9 Å². The van der Waals surface area contributed by atoms with Crippen LogP contribution < -0.4 is 24.4 Å². The molecule has 1 aliphatic heterocycles. The first-order valence-corrected chi connectivity index (χ1v) is 13.9. The van der Waals surface area contributed by atoms with E-state index in [4.69, 9.17) is 42.1 Å². The van der Waals surface area contributed by atoms with Crippen molar-refractivity contribution >= 4 is 52.2 Å². The Labute approximate surface area is 255 Å². The normalized spacial score (nSPS) is 12.1. The van der Waals surface area contributed by atoms with Crippen molar-refractivity contribution in [1.82, 2.24) is 10.4 Å². The van der Waals surface area contributed by atoms with Gasteiger partial charge in [0.1, 0.15) is 5.69 Å². The number of esters is 1. The Kier molecular flexibility index (Phi) is 7.91. The van der Waals surface area contributed by atoms with Crippen LogP contribution in [0.25, 0.3) is 22.0 Å². The second kappa shape index (κ2) is 12.1. The quantitative estimate of drug-likeness (QED) is 0.0823. The Balaban J connectivity index is 1.22. The summed E-state index contributed by atoms with van der Waals surface area (Å²) in [6.07, 6.45) is 1.46. The van der Waals surface area contributed by atoms with Gasteiger partial charge in [-0.1, -0.05) is 53.5 Å². The van der Waals surface area contributed by atoms with Crippen LogP contribution in [0.4, 0.5) is 0 Å². The predicted molar refractivity (Wildman–Crippen MR) is 164 cm³/mol. The SMILES string of the molecule is CCOc1cc(C=NNC(=O)c2[nH]c3c(Cl)cc(Cl)cc3c2-c2ccccc2)ccc1OC(=O)c1ccc2c(c1)OCO2. The number of amides is 1. The zero-order valence-electron chi connectivity index (χ0n) is 22.6.